The average Bonchev–Trinajstić information content (AvgIpc) is 3.25. The summed E-state index contributed by atoms with van der Waals surface area (Å²) in [6.07, 6.45) is 2.03. The van der Waals surface area contributed by atoms with Crippen LogP contribution in [0.2, 0.25) is 0 Å². The van der Waals surface area contributed by atoms with E-state index in [4.69, 9.17) is 0 Å². The smallest absolute Gasteiger partial charge is 0.235 e. The third-order valence-corrected chi connectivity index (χ3v) is 6.94. The Morgan fingerprint density at radius 1 is 1.30 bits per heavy atom. The van der Waals surface area contributed by atoms with Gasteiger partial charge in [-0.15, -0.1) is 11.3 Å². The first kappa shape index (κ1) is 16.4. The number of rotatable bonds is 5. The number of amides is 1. The fraction of sp³-hybridized carbons (Fsp3) is 0.389. The van der Waals surface area contributed by atoms with Crippen LogP contribution in [0.5, 0.6) is 0 Å². The predicted molar refractivity (Wildman–Crippen MR) is 95.9 cm³/mol. The molecule has 1 saturated heterocycles. The van der Waals surface area contributed by atoms with Gasteiger partial charge in [0.25, 0.3) is 0 Å². The minimum atomic E-state index is -1.19. The van der Waals surface area contributed by atoms with Gasteiger partial charge in [-0.1, -0.05) is 36.4 Å². The van der Waals surface area contributed by atoms with Crippen molar-refractivity contribution in [2.45, 2.75) is 31.1 Å². The fourth-order valence-electron chi connectivity index (χ4n) is 3.05. The van der Waals surface area contributed by atoms with Gasteiger partial charge in [0.15, 0.2) is 0 Å². The molecule has 1 aromatic heterocycles. The number of benzene rings is 1. The van der Waals surface area contributed by atoms with Crippen molar-refractivity contribution in [3.05, 3.63) is 58.3 Å². The Labute approximate surface area is 143 Å². The van der Waals surface area contributed by atoms with Crippen molar-refractivity contribution in [2.75, 3.05) is 12.3 Å². The van der Waals surface area contributed by atoms with E-state index in [0.29, 0.717) is 0 Å². The normalized spacial score (nSPS) is 20.4. The van der Waals surface area contributed by atoms with Crippen LogP contribution in [0.15, 0.2) is 47.8 Å². The lowest BCUT2D eigenvalue weighted by Crippen LogP contribution is -2.34. The van der Waals surface area contributed by atoms with Gasteiger partial charge in [0.1, 0.15) is 5.75 Å². The lowest BCUT2D eigenvalue weighted by atomic mass is 10.2. The van der Waals surface area contributed by atoms with Crippen molar-refractivity contribution in [1.29, 1.82) is 0 Å². The van der Waals surface area contributed by atoms with E-state index in [0.717, 1.165) is 24.9 Å². The topological polar surface area (TPSA) is 37.4 Å². The molecule has 0 unspecified atom stereocenters. The second-order valence-corrected chi connectivity index (χ2v) is 8.58. The van der Waals surface area contributed by atoms with Crippen molar-refractivity contribution in [1.82, 2.24) is 4.90 Å². The number of hydrogen-bond acceptors (Lipinski definition) is 3. The molecule has 3 rings (SSSR count). The minimum absolute atomic E-state index is 0.0158. The summed E-state index contributed by atoms with van der Waals surface area (Å²) in [5.41, 5.74) is 1.02. The first-order chi connectivity index (χ1) is 11.2. The number of thiophene rings is 1. The summed E-state index contributed by atoms with van der Waals surface area (Å²) in [5.74, 6) is 0.125. The van der Waals surface area contributed by atoms with Gasteiger partial charge in [0, 0.05) is 22.2 Å². The van der Waals surface area contributed by atoms with Crippen LogP contribution < -0.4 is 0 Å². The van der Waals surface area contributed by atoms with Crippen molar-refractivity contribution in [3.8, 4) is 0 Å². The molecule has 0 aliphatic carbocycles. The summed E-state index contributed by atoms with van der Waals surface area (Å²) in [6.45, 7) is 2.71. The molecule has 1 aliphatic heterocycles. The first-order valence-corrected chi connectivity index (χ1v) is 10.2. The van der Waals surface area contributed by atoms with Crippen molar-refractivity contribution >= 4 is 28.0 Å². The molecular formula is C18H21NO2S2. The Bertz CT molecular complexity index is 670. The Kier molecular flexibility index (Phi) is 5.28. The number of likely N-dealkylation sites (tertiary alicyclic amines) is 1. The number of hydrogen-bond donors (Lipinski definition) is 0. The number of carbonyl (C=O) groups is 1. The van der Waals surface area contributed by atoms with Gasteiger partial charge in [0.2, 0.25) is 5.91 Å². The third kappa shape index (κ3) is 3.72. The van der Waals surface area contributed by atoms with Crippen LogP contribution in [0.1, 0.15) is 41.5 Å². The summed E-state index contributed by atoms with van der Waals surface area (Å²) in [6, 6.07) is 14.1. The van der Waals surface area contributed by atoms with E-state index in [1.807, 2.05) is 53.6 Å². The highest BCUT2D eigenvalue weighted by molar-refractivity contribution is 7.86. The molecule has 3 atom stereocenters. The van der Waals surface area contributed by atoms with E-state index in [2.05, 4.69) is 6.07 Å². The van der Waals surface area contributed by atoms with E-state index < -0.39 is 10.8 Å². The van der Waals surface area contributed by atoms with E-state index in [1.54, 1.807) is 11.3 Å². The molecule has 0 saturated carbocycles. The van der Waals surface area contributed by atoms with Crippen LogP contribution in [0.3, 0.4) is 0 Å². The van der Waals surface area contributed by atoms with Crippen molar-refractivity contribution in [3.63, 3.8) is 0 Å². The summed E-state index contributed by atoms with van der Waals surface area (Å²) in [5, 5.41) is 1.93. The monoisotopic (exact) mass is 347 g/mol. The predicted octanol–water partition coefficient (Wildman–Crippen LogP) is 3.92. The highest BCUT2D eigenvalue weighted by Crippen LogP contribution is 2.34. The maximum Gasteiger partial charge on any atom is 0.235 e. The molecule has 0 bridgehead atoms. The second-order valence-electron chi connectivity index (χ2n) is 5.84. The average molecular weight is 348 g/mol. The zero-order chi connectivity index (χ0) is 16.2. The van der Waals surface area contributed by atoms with Gasteiger partial charge < -0.3 is 4.90 Å². The lowest BCUT2D eigenvalue weighted by Gasteiger charge is -2.24. The molecule has 0 radical (unpaired) electrons. The maximum atomic E-state index is 12.6. The summed E-state index contributed by atoms with van der Waals surface area (Å²) in [7, 11) is -1.19. The second kappa shape index (κ2) is 7.41. The Hall–Kier alpha value is -1.46. The minimum Gasteiger partial charge on any atom is -0.334 e. The molecule has 1 aliphatic rings. The van der Waals surface area contributed by atoms with Crippen LogP contribution in [0, 0.1) is 0 Å². The van der Waals surface area contributed by atoms with Crippen LogP contribution >= 0.6 is 11.3 Å². The lowest BCUT2D eigenvalue weighted by molar-refractivity contribution is -0.129. The van der Waals surface area contributed by atoms with Crippen LogP contribution in [-0.2, 0) is 15.6 Å². The molecule has 5 heteroatoms. The molecule has 2 heterocycles. The largest absolute Gasteiger partial charge is 0.334 e. The molecule has 122 valence electrons. The number of carbonyl (C=O) groups excluding carboxylic acids is 1. The van der Waals surface area contributed by atoms with Gasteiger partial charge in [0.05, 0.1) is 11.3 Å². The SMILES string of the molecule is C[C@H](c1ccccc1)[S@](=O)CC(=O)N1CCC[C@@H]1c1cccs1. The molecule has 23 heavy (non-hydrogen) atoms. The van der Waals surface area contributed by atoms with Gasteiger partial charge >= 0.3 is 0 Å². The van der Waals surface area contributed by atoms with Crippen LogP contribution in [0.25, 0.3) is 0 Å². The molecule has 0 N–H and O–H groups in total. The standard InChI is InChI=1S/C18H21NO2S2/c1-14(15-7-3-2-4-8-15)23(21)13-18(20)19-11-5-9-16(19)17-10-6-12-22-17/h2-4,6-8,10,12,14,16H,5,9,11,13H2,1H3/t14-,16-,23-/m1/s1. The fourth-order valence-corrected chi connectivity index (χ4v) is 5.04. The summed E-state index contributed by atoms with van der Waals surface area (Å²) in [4.78, 5) is 15.8. The molecule has 3 nitrogen and oxygen atoms in total. The maximum absolute atomic E-state index is 12.6. The van der Waals surface area contributed by atoms with E-state index in [-0.39, 0.29) is 23.0 Å². The van der Waals surface area contributed by atoms with Gasteiger partial charge in [-0.05, 0) is 36.8 Å². The molecule has 2 aromatic rings. The quantitative estimate of drug-likeness (QED) is 0.822. The van der Waals surface area contributed by atoms with Gasteiger partial charge in [-0.2, -0.15) is 0 Å². The third-order valence-electron chi connectivity index (χ3n) is 4.37. The highest BCUT2D eigenvalue weighted by atomic mass is 32.2. The van der Waals surface area contributed by atoms with E-state index in [9.17, 15) is 9.00 Å². The molecule has 1 aromatic carbocycles. The van der Waals surface area contributed by atoms with Gasteiger partial charge in [-0.25, -0.2) is 0 Å². The molecular weight excluding hydrogens is 326 g/mol. The van der Waals surface area contributed by atoms with Crippen molar-refractivity contribution in [2.24, 2.45) is 0 Å². The summed E-state index contributed by atoms with van der Waals surface area (Å²) >= 11 is 1.69. The Morgan fingerprint density at radius 3 is 2.78 bits per heavy atom. The van der Waals surface area contributed by atoms with E-state index in [1.165, 1.54) is 4.88 Å². The molecule has 0 spiro atoms. The molecule has 1 fully saturated rings. The van der Waals surface area contributed by atoms with E-state index >= 15 is 0 Å². The highest BCUT2D eigenvalue weighted by Gasteiger charge is 2.31. The van der Waals surface area contributed by atoms with Crippen LogP contribution in [0.4, 0.5) is 0 Å². The number of nitrogens with zero attached hydrogens (tertiary/aromatic N) is 1. The molecule has 1 amide bonds. The zero-order valence-electron chi connectivity index (χ0n) is 13.2. The Balaban J connectivity index is 1.65. The van der Waals surface area contributed by atoms with Crippen LogP contribution in [-0.4, -0.2) is 27.3 Å². The Morgan fingerprint density at radius 2 is 2.09 bits per heavy atom. The van der Waals surface area contributed by atoms with Crippen molar-refractivity contribution < 1.29 is 9.00 Å². The summed E-state index contributed by atoms with van der Waals surface area (Å²) < 4.78 is 12.6. The zero-order valence-corrected chi connectivity index (χ0v) is 14.8. The first-order valence-electron chi connectivity index (χ1n) is 7.92. The van der Waals surface area contributed by atoms with Gasteiger partial charge in [-0.3, -0.25) is 9.00 Å².